The lowest BCUT2D eigenvalue weighted by molar-refractivity contribution is -0.681. The number of ether oxygens (including phenoxy) is 1. The van der Waals surface area contributed by atoms with Crippen LogP contribution in [0.5, 0.6) is 5.75 Å². The van der Waals surface area contributed by atoms with Crippen LogP contribution in [-0.2, 0) is 0 Å². The first-order valence-electron chi connectivity index (χ1n) is 15.7. The van der Waals surface area contributed by atoms with Crippen molar-refractivity contribution >= 4 is 48.1 Å². The Morgan fingerprint density at radius 1 is 0.733 bits per heavy atom. The van der Waals surface area contributed by atoms with E-state index in [4.69, 9.17) is 34.4 Å². The van der Waals surface area contributed by atoms with Gasteiger partial charge in [-0.2, -0.15) is 12.6 Å². The van der Waals surface area contributed by atoms with Crippen LogP contribution >= 0.6 is 25.3 Å². The average molecular weight is 632 g/mol. The zero-order valence-corrected chi connectivity index (χ0v) is 27.5. The molecular weight excluding hydrogens is 593 g/mol. The van der Waals surface area contributed by atoms with E-state index in [1.54, 1.807) is 0 Å². The number of thiol groups is 2. The average Bonchev–Trinajstić information content (AvgIpc) is 3.62. The molecule has 0 N–H and O–H groups in total. The third-order valence-electron chi connectivity index (χ3n) is 7.94. The smallest absolute Gasteiger partial charge is 0.375 e. The molecule has 4 nitrogen and oxygen atoms in total. The van der Waals surface area contributed by atoms with E-state index in [0.717, 1.165) is 71.1 Å². The van der Waals surface area contributed by atoms with Crippen molar-refractivity contribution in [2.45, 2.75) is 50.3 Å². The monoisotopic (exact) mass is 631 g/mol. The van der Waals surface area contributed by atoms with Crippen molar-refractivity contribution in [2.24, 2.45) is 0 Å². The molecule has 228 valence electrons. The molecular formula is C39H39N2O2S2+. The molecule has 1 aliphatic heterocycles. The largest absolute Gasteiger partial charge is 0.439 e. The van der Waals surface area contributed by atoms with E-state index in [0.29, 0.717) is 0 Å². The summed E-state index contributed by atoms with van der Waals surface area (Å²) in [6.45, 7) is 4.36. The van der Waals surface area contributed by atoms with Crippen LogP contribution in [0, 0.1) is 0 Å². The standard InChI is InChI=1S/C39H38N2O2S2/c1-3-14-38(44)40-32-26-30(28-16-8-5-9-17-28)22-24-34(32)42-36(40)20-12-7-13-21-37-41(39(45)15-4-2)33-27-31(23-25-35(33)43-37)29-18-10-6-11-19-29/h5-13,16-27,38-39H,3-4,14-15H2,1-2H3,(H-,44,45)/p+1. The molecule has 0 radical (unpaired) electrons. The number of rotatable bonds is 11. The van der Waals surface area contributed by atoms with Crippen molar-refractivity contribution in [1.82, 2.24) is 0 Å². The molecule has 0 spiro atoms. The zero-order chi connectivity index (χ0) is 31.2. The van der Waals surface area contributed by atoms with Gasteiger partial charge >= 0.3 is 5.89 Å². The SMILES string of the molecule is CCCC(S)N1C(=CC=CC=Cc2oc3ccc(-c4ccccc4)cc3[n+]2C(S)CCC)Oc2ccc(-c3ccccc3)cc21. The molecule has 4 aromatic carbocycles. The van der Waals surface area contributed by atoms with Gasteiger partial charge in [-0.05, 0) is 59.4 Å². The Labute approximate surface area is 277 Å². The molecule has 1 aliphatic rings. The van der Waals surface area contributed by atoms with Crippen LogP contribution in [0.25, 0.3) is 39.4 Å². The summed E-state index contributed by atoms with van der Waals surface area (Å²) in [5, 5.41) is -0.00253. The summed E-state index contributed by atoms with van der Waals surface area (Å²) >= 11 is 9.94. The van der Waals surface area contributed by atoms with Crippen LogP contribution in [0.1, 0.15) is 50.8 Å². The maximum Gasteiger partial charge on any atom is 0.375 e. The summed E-state index contributed by atoms with van der Waals surface area (Å²) in [4.78, 5) is 2.19. The third-order valence-corrected chi connectivity index (χ3v) is 8.92. The van der Waals surface area contributed by atoms with Gasteiger partial charge in [-0.3, -0.25) is 4.90 Å². The van der Waals surface area contributed by atoms with Gasteiger partial charge in [0.1, 0.15) is 0 Å². The molecule has 0 fully saturated rings. The Morgan fingerprint density at radius 3 is 2.09 bits per heavy atom. The first-order valence-corrected chi connectivity index (χ1v) is 16.7. The lowest BCUT2D eigenvalue weighted by Gasteiger charge is -2.25. The third kappa shape index (κ3) is 6.77. The van der Waals surface area contributed by atoms with Gasteiger partial charge < -0.3 is 9.15 Å². The summed E-state index contributed by atoms with van der Waals surface area (Å²) in [5.41, 5.74) is 7.57. The first kappa shape index (κ1) is 30.9. The Kier molecular flexibility index (Phi) is 9.82. The second kappa shape index (κ2) is 14.3. The Bertz CT molecular complexity index is 1840. The van der Waals surface area contributed by atoms with E-state index in [9.17, 15) is 0 Å². The summed E-state index contributed by atoms with van der Waals surface area (Å²) < 4.78 is 14.9. The molecule has 0 aliphatic carbocycles. The lowest BCUT2D eigenvalue weighted by Crippen LogP contribution is -2.38. The maximum absolute atomic E-state index is 6.34. The summed E-state index contributed by atoms with van der Waals surface area (Å²) in [7, 11) is 0. The molecule has 0 bridgehead atoms. The lowest BCUT2D eigenvalue weighted by atomic mass is 10.0. The summed E-state index contributed by atoms with van der Waals surface area (Å²) in [6, 6.07) is 33.6. The molecule has 0 saturated heterocycles. The van der Waals surface area contributed by atoms with Gasteiger partial charge in [-0.15, -0.1) is 17.2 Å². The van der Waals surface area contributed by atoms with Crippen molar-refractivity contribution in [3.63, 3.8) is 0 Å². The van der Waals surface area contributed by atoms with Gasteiger partial charge in [-0.25, -0.2) is 0 Å². The van der Waals surface area contributed by atoms with Gasteiger partial charge in [0.15, 0.2) is 5.75 Å². The van der Waals surface area contributed by atoms with Crippen LogP contribution in [-0.4, -0.2) is 5.37 Å². The highest BCUT2D eigenvalue weighted by Crippen LogP contribution is 2.44. The number of oxazole rings is 1. The van der Waals surface area contributed by atoms with Crippen molar-refractivity contribution in [3.05, 3.63) is 133 Å². The van der Waals surface area contributed by atoms with E-state index in [-0.39, 0.29) is 10.7 Å². The molecule has 2 heterocycles. The topological polar surface area (TPSA) is 29.5 Å². The van der Waals surface area contributed by atoms with Crippen LogP contribution in [0.15, 0.2) is 132 Å². The van der Waals surface area contributed by atoms with Crippen molar-refractivity contribution < 1.29 is 13.7 Å². The highest BCUT2D eigenvalue weighted by Gasteiger charge is 2.31. The molecule has 2 unspecified atom stereocenters. The van der Waals surface area contributed by atoms with Crippen molar-refractivity contribution in [3.8, 4) is 28.0 Å². The molecule has 6 rings (SSSR count). The summed E-state index contributed by atoms with van der Waals surface area (Å²) in [5.74, 6) is 2.37. The number of allylic oxidation sites excluding steroid dienone is 4. The van der Waals surface area contributed by atoms with Gasteiger partial charge in [0.25, 0.3) is 5.52 Å². The minimum absolute atomic E-state index is 0.00126. The number of fused-ring (bicyclic) bond motifs is 2. The Balaban J connectivity index is 1.27. The Morgan fingerprint density at radius 2 is 1.40 bits per heavy atom. The van der Waals surface area contributed by atoms with Gasteiger partial charge in [0.05, 0.1) is 17.1 Å². The zero-order valence-electron chi connectivity index (χ0n) is 25.7. The molecule has 0 saturated carbocycles. The fraction of sp³-hybridized carbons (Fsp3) is 0.205. The number of anilines is 1. The van der Waals surface area contributed by atoms with Crippen molar-refractivity contribution in [2.75, 3.05) is 4.90 Å². The van der Waals surface area contributed by atoms with E-state index in [1.807, 2.05) is 42.5 Å². The first-order chi connectivity index (χ1) is 22.1. The van der Waals surface area contributed by atoms with E-state index < -0.39 is 0 Å². The fourth-order valence-corrected chi connectivity index (χ4v) is 6.72. The van der Waals surface area contributed by atoms with E-state index >= 15 is 0 Å². The number of nitrogens with zero attached hydrogens (tertiary/aromatic N) is 2. The van der Waals surface area contributed by atoms with Gasteiger partial charge in [-0.1, -0.05) is 111 Å². The molecule has 5 aromatic rings. The number of aromatic nitrogens is 1. The number of benzene rings is 4. The van der Waals surface area contributed by atoms with Crippen LogP contribution in [0.4, 0.5) is 5.69 Å². The minimum Gasteiger partial charge on any atom is -0.439 e. The fourth-order valence-electron chi connectivity index (χ4n) is 5.72. The summed E-state index contributed by atoms with van der Waals surface area (Å²) in [6.07, 6.45) is 13.9. The van der Waals surface area contributed by atoms with Gasteiger partial charge in [0.2, 0.25) is 16.8 Å². The second-order valence-corrected chi connectivity index (χ2v) is 12.4. The maximum atomic E-state index is 6.34. The predicted octanol–water partition coefficient (Wildman–Crippen LogP) is 10.6. The van der Waals surface area contributed by atoms with E-state index in [2.05, 4.69) is 108 Å². The molecule has 6 heteroatoms. The number of hydrogen-bond donors (Lipinski definition) is 2. The molecule has 2 atom stereocenters. The normalized spacial score (nSPS) is 15.3. The quantitative estimate of drug-likeness (QED) is 0.0864. The van der Waals surface area contributed by atoms with Crippen molar-refractivity contribution in [1.29, 1.82) is 0 Å². The van der Waals surface area contributed by atoms with Crippen LogP contribution in [0.2, 0.25) is 0 Å². The minimum atomic E-state index is -0.00126. The van der Waals surface area contributed by atoms with E-state index in [1.165, 1.54) is 11.1 Å². The highest BCUT2D eigenvalue weighted by atomic mass is 32.1. The van der Waals surface area contributed by atoms with Crippen LogP contribution in [0.3, 0.4) is 0 Å². The predicted molar refractivity (Wildman–Crippen MR) is 194 cm³/mol. The highest BCUT2D eigenvalue weighted by molar-refractivity contribution is 7.81. The number of hydrogen-bond acceptors (Lipinski definition) is 5. The van der Waals surface area contributed by atoms with Crippen LogP contribution < -0.4 is 14.2 Å². The second-order valence-electron chi connectivity index (χ2n) is 11.2. The van der Waals surface area contributed by atoms with Gasteiger partial charge in [0, 0.05) is 12.5 Å². The Hall–Kier alpha value is -4.13. The molecule has 1 aromatic heterocycles. The molecule has 45 heavy (non-hydrogen) atoms. The molecule has 0 amide bonds.